The second kappa shape index (κ2) is 6.06. The molecule has 1 aromatic carbocycles. The van der Waals surface area contributed by atoms with Crippen molar-refractivity contribution in [3.63, 3.8) is 0 Å². The van der Waals surface area contributed by atoms with Crippen LogP contribution in [-0.2, 0) is 0 Å². The van der Waals surface area contributed by atoms with Crippen LogP contribution in [0.15, 0.2) is 12.1 Å². The molecule has 0 heterocycles. The quantitative estimate of drug-likeness (QED) is 0.839. The highest BCUT2D eigenvalue weighted by molar-refractivity contribution is 5.99. The first kappa shape index (κ1) is 15.2. The van der Waals surface area contributed by atoms with Crippen molar-refractivity contribution >= 4 is 5.78 Å². The topological polar surface area (TPSA) is 40.5 Å². The van der Waals surface area contributed by atoms with Gasteiger partial charge in [0.25, 0.3) is 0 Å². The highest BCUT2D eigenvalue weighted by atomic mass is 16.3. The Morgan fingerprint density at radius 3 is 2.40 bits per heavy atom. The molecule has 1 saturated carbocycles. The van der Waals surface area contributed by atoms with Gasteiger partial charge in [0.15, 0.2) is 5.78 Å². The maximum absolute atomic E-state index is 12.4. The summed E-state index contributed by atoms with van der Waals surface area (Å²) >= 11 is 0. The number of carbonyl (C=O) groups is 1. The highest BCUT2D eigenvalue weighted by Gasteiger charge is 2.28. The van der Waals surface area contributed by atoms with E-state index in [4.69, 9.17) is 0 Å². The van der Waals surface area contributed by atoms with E-state index in [1.165, 1.54) is 11.1 Å². The van der Waals surface area contributed by atoms with Gasteiger partial charge in [0.2, 0.25) is 0 Å². The minimum Gasteiger partial charge on any atom is -0.393 e. The van der Waals surface area contributed by atoms with Gasteiger partial charge in [0.05, 0.1) is 12.6 Å². The van der Waals surface area contributed by atoms with Gasteiger partial charge in [-0.25, -0.2) is 0 Å². The first-order valence-electron chi connectivity index (χ1n) is 7.34. The molecule has 110 valence electrons. The lowest BCUT2D eigenvalue weighted by Gasteiger charge is -2.34. The van der Waals surface area contributed by atoms with Gasteiger partial charge in [-0.05, 0) is 69.3 Å². The molecule has 1 N–H and O–H groups in total. The van der Waals surface area contributed by atoms with Crippen molar-refractivity contribution in [3.8, 4) is 0 Å². The van der Waals surface area contributed by atoms with Gasteiger partial charge in [0, 0.05) is 12.1 Å². The van der Waals surface area contributed by atoms with Crippen LogP contribution in [0.5, 0.6) is 0 Å². The average molecular weight is 275 g/mol. The second-order valence-electron chi connectivity index (χ2n) is 6.36. The van der Waals surface area contributed by atoms with Gasteiger partial charge in [0.1, 0.15) is 0 Å². The van der Waals surface area contributed by atoms with Crippen LogP contribution in [-0.4, -0.2) is 42.0 Å². The molecule has 1 aliphatic carbocycles. The first-order valence-corrected chi connectivity index (χ1v) is 7.34. The van der Waals surface area contributed by atoms with Crippen LogP contribution in [0.1, 0.15) is 39.9 Å². The summed E-state index contributed by atoms with van der Waals surface area (Å²) in [6.07, 6.45) is 1.63. The summed E-state index contributed by atoms with van der Waals surface area (Å²) in [5, 5.41) is 9.30. The van der Waals surface area contributed by atoms with Crippen molar-refractivity contribution in [2.24, 2.45) is 5.92 Å². The molecule has 0 saturated heterocycles. The fourth-order valence-corrected chi connectivity index (χ4v) is 2.95. The maximum Gasteiger partial charge on any atom is 0.177 e. The van der Waals surface area contributed by atoms with Crippen LogP contribution in [0.3, 0.4) is 0 Å². The van der Waals surface area contributed by atoms with Crippen LogP contribution in [0, 0.1) is 26.7 Å². The van der Waals surface area contributed by atoms with Crippen molar-refractivity contribution in [1.82, 2.24) is 4.90 Å². The number of nitrogens with zero attached hydrogens (tertiary/aromatic N) is 1. The Morgan fingerprint density at radius 1 is 1.20 bits per heavy atom. The van der Waals surface area contributed by atoms with E-state index in [-0.39, 0.29) is 11.9 Å². The number of hydrogen-bond donors (Lipinski definition) is 1. The van der Waals surface area contributed by atoms with E-state index in [9.17, 15) is 9.90 Å². The van der Waals surface area contributed by atoms with Gasteiger partial charge in [-0.2, -0.15) is 0 Å². The van der Waals surface area contributed by atoms with Crippen molar-refractivity contribution < 1.29 is 9.90 Å². The lowest BCUT2D eigenvalue weighted by molar-refractivity contribution is 0.0286. The summed E-state index contributed by atoms with van der Waals surface area (Å²) in [5.74, 6) is 0.733. The van der Waals surface area contributed by atoms with Gasteiger partial charge in [-0.15, -0.1) is 0 Å². The van der Waals surface area contributed by atoms with Crippen molar-refractivity contribution in [2.45, 2.75) is 39.7 Å². The lowest BCUT2D eigenvalue weighted by Crippen LogP contribution is -2.39. The van der Waals surface area contributed by atoms with E-state index in [1.54, 1.807) is 0 Å². The molecule has 1 fully saturated rings. The van der Waals surface area contributed by atoms with Gasteiger partial charge in [-0.3, -0.25) is 9.69 Å². The number of ketones is 1. The smallest absolute Gasteiger partial charge is 0.177 e. The van der Waals surface area contributed by atoms with E-state index in [2.05, 4.69) is 17.9 Å². The monoisotopic (exact) mass is 275 g/mol. The molecule has 0 amide bonds. The first-order chi connectivity index (χ1) is 9.36. The number of aliphatic hydroxyl groups excluding tert-OH is 1. The number of benzene rings is 1. The van der Waals surface area contributed by atoms with Crippen molar-refractivity contribution in [3.05, 3.63) is 34.4 Å². The molecule has 0 aliphatic heterocycles. The summed E-state index contributed by atoms with van der Waals surface area (Å²) in [4.78, 5) is 14.5. The number of hydrogen-bond acceptors (Lipinski definition) is 3. The summed E-state index contributed by atoms with van der Waals surface area (Å²) < 4.78 is 0. The Hall–Kier alpha value is -1.19. The number of aryl methyl sites for hydroxylation is 3. The molecule has 20 heavy (non-hydrogen) atoms. The maximum atomic E-state index is 12.4. The number of aliphatic hydroxyl groups is 1. The molecule has 0 radical (unpaired) electrons. The normalized spacial score (nSPS) is 21.9. The predicted octanol–water partition coefficient (Wildman–Crippen LogP) is 2.50. The minimum absolute atomic E-state index is 0.119. The zero-order chi connectivity index (χ0) is 14.9. The molecule has 3 heteroatoms. The molecule has 1 aliphatic rings. The molecule has 2 rings (SSSR count). The molecular weight excluding hydrogens is 250 g/mol. The zero-order valence-corrected chi connectivity index (χ0v) is 12.9. The van der Waals surface area contributed by atoms with Crippen LogP contribution >= 0.6 is 0 Å². The third-order valence-corrected chi connectivity index (χ3v) is 4.34. The Labute approximate surface area is 121 Å². The van der Waals surface area contributed by atoms with Crippen molar-refractivity contribution in [2.75, 3.05) is 20.1 Å². The van der Waals surface area contributed by atoms with Gasteiger partial charge >= 0.3 is 0 Å². The second-order valence-corrected chi connectivity index (χ2v) is 6.36. The van der Waals surface area contributed by atoms with Crippen molar-refractivity contribution in [1.29, 1.82) is 0 Å². The summed E-state index contributed by atoms with van der Waals surface area (Å²) in [6.45, 7) is 7.47. The molecule has 0 atom stereocenters. The molecular formula is C17H25NO2. The van der Waals surface area contributed by atoms with E-state index in [1.807, 2.05) is 27.0 Å². The zero-order valence-electron chi connectivity index (χ0n) is 12.9. The number of likely N-dealkylation sites (N-methyl/N-ethyl adjacent to an activating group) is 1. The third-order valence-electron chi connectivity index (χ3n) is 4.34. The molecule has 0 spiro atoms. The molecule has 0 unspecified atom stereocenters. The predicted molar refractivity (Wildman–Crippen MR) is 81.2 cm³/mol. The van der Waals surface area contributed by atoms with E-state index in [0.717, 1.165) is 30.5 Å². The van der Waals surface area contributed by atoms with Crippen LogP contribution < -0.4 is 0 Å². The molecule has 1 aromatic rings. The van der Waals surface area contributed by atoms with E-state index < -0.39 is 0 Å². The van der Waals surface area contributed by atoms with E-state index >= 15 is 0 Å². The van der Waals surface area contributed by atoms with Crippen LogP contribution in [0.2, 0.25) is 0 Å². The largest absolute Gasteiger partial charge is 0.393 e. The summed E-state index contributed by atoms with van der Waals surface area (Å²) in [6, 6.07) is 4.10. The summed E-state index contributed by atoms with van der Waals surface area (Å²) in [5.41, 5.74) is 4.30. The highest BCUT2D eigenvalue weighted by Crippen LogP contribution is 2.27. The summed E-state index contributed by atoms with van der Waals surface area (Å²) in [7, 11) is 1.99. The van der Waals surface area contributed by atoms with Gasteiger partial charge in [-0.1, -0.05) is 6.07 Å². The number of rotatable bonds is 5. The van der Waals surface area contributed by atoms with Gasteiger partial charge < -0.3 is 5.11 Å². The Bertz CT molecular complexity index is 504. The third kappa shape index (κ3) is 3.47. The van der Waals surface area contributed by atoms with Crippen LogP contribution in [0.4, 0.5) is 0 Å². The van der Waals surface area contributed by atoms with Crippen LogP contribution in [0.25, 0.3) is 0 Å². The standard InChI is InChI=1S/C17H25NO2/c1-11-5-13(3)16(6-12(11)2)17(20)10-18(4)9-14-7-15(19)8-14/h5-6,14-15,19H,7-10H2,1-4H3. The minimum atomic E-state index is -0.119. The average Bonchev–Trinajstić information content (AvgIpc) is 2.31. The Balaban J connectivity index is 1.96. The number of Topliss-reactive ketones (excluding diaryl/α,β-unsaturated/α-hetero) is 1. The molecule has 0 aromatic heterocycles. The lowest BCUT2D eigenvalue weighted by atomic mass is 9.82. The Kier molecular flexibility index (Phi) is 4.61. The van der Waals surface area contributed by atoms with E-state index in [0.29, 0.717) is 12.5 Å². The molecule has 0 bridgehead atoms. The fraction of sp³-hybridized carbons (Fsp3) is 0.588. The number of carbonyl (C=O) groups excluding carboxylic acids is 1. The Morgan fingerprint density at radius 2 is 1.80 bits per heavy atom. The SMILES string of the molecule is Cc1cc(C)c(C(=O)CN(C)CC2CC(O)C2)cc1C. The molecule has 3 nitrogen and oxygen atoms in total. The fourth-order valence-electron chi connectivity index (χ4n) is 2.95.